The predicted octanol–water partition coefficient (Wildman–Crippen LogP) is 3.04. The van der Waals surface area contributed by atoms with Crippen LogP contribution < -0.4 is 14.8 Å². The third-order valence-corrected chi connectivity index (χ3v) is 4.20. The van der Waals surface area contributed by atoms with Crippen LogP contribution in [0.3, 0.4) is 0 Å². The van der Waals surface area contributed by atoms with Gasteiger partial charge in [0, 0.05) is 19.2 Å². The van der Waals surface area contributed by atoms with Crippen LogP contribution in [0.25, 0.3) is 0 Å². The van der Waals surface area contributed by atoms with Crippen LogP contribution in [0.2, 0.25) is 0 Å². The zero-order chi connectivity index (χ0) is 19.8. The number of rotatable bonds is 8. The second-order valence-electron chi connectivity index (χ2n) is 6.30. The monoisotopic (exact) mass is 370 g/mol. The molecule has 0 spiro atoms. The summed E-state index contributed by atoms with van der Waals surface area (Å²) in [6, 6.07) is 13.2. The number of ether oxygens (including phenoxy) is 2. The van der Waals surface area contributed by atoms with E-state index in [-0.39, 0.29) is 18.4 Å². The van der Waals surface area contributed by atoms with Crippen molar-refractivity contribution < 1.29 is 19.1 Å². The van der Waals surface area contributed by atoms with Gasteiger partial charge in [-0.05, 0) is 48.7 Å². The maximum atomic E-state index is 12.3. The minimum atomic E-state index is -0.219. The molecule has 0 bridgehead atoms. The fourth-order valence-electron chi connectivity index (χ4n) is 2.74. The highest BCUT2D eigenvalue weighted by Gasteiger charge is 2.14. The van der Waals surface area contributed by atoms with E-state index < -0.39 is 0 Å². The molecule has 2 rings (SSSR count). The normalized spacial score (nSPS) is 10.2. The van der Waals surface area contributed by atoms with Crippen molar-refractivity contribution in [1.82, 2.24) is 4.90 Å². The van der Waals surface area contributed by atoms with Crippen molar-refractivity contribution in [3.63, 3.8) is 0 Å². The number of benzene rings is 2. The van der Waals surface area contributed by atoms with Crippen LogP contribution in [0.4, 0.5) is 5.69 Å². The van der Waals surface area contributed by atoms with E-state index in [2.05, 4.69) is 5.32 Å². The van der Waals surface area contributed by atoms with Gasteiger partial charge in [-0.1, -0.05) is 18.2 Å². The first-order valence-electron chi connectivity index (χ1n) is 8.76. The molecule has 0 aromatic heterocycles. The third-order valence-electron chi connectivity index (χ3n) is 4.20. The van der Waals surface area contributed by atoms with Gasteiger partial charge in [-0.15, -0.1) is 0 Å². The van der Waals surface area contributed by atoms with Crippen molar-refractivity contribution in [3.05, 3.63) is 53.6 Å². The maximum Gasteiger partial charge on any atom is 0.243 e. The summed E-state index contributed by atoms with van der Waals surface area (Å²) >= 11 is 0. The fraction of sp³-hybridized carbons (Fsp3) is 0.333. The highest BCUT2D eigenvalue weighted by molar-refractivity contribution is 5.94. The van der Waals surface area contributed by atoms with Gasteiger partial charge in [-0.3, -0.25) is 9.59 Å². The van der Waals surface area contributed by atoms with Gasteiger partial charge in [-0.25, -0.2) is 0 Å². The van der Waals surface area contributed by atoms with Crippen LogP contribution in [0.1, 0.15) is 18.1 Å². The summed E-state index contributed by atoms with van der Waals surface area (Å²) in [5.74, 6) is 0.932. The van der Waals surface area contributed by atoms with E-state index >= 15 is 0 Å². The molecule has 0 heterocycles. The quantitative estimate of drug-likeness (QED) is 0.776. The van der Waals surface area contributed by atoms with E-state index in [9.17, 15) is 9.59 Å². The number of hydrogen-bond acceptors (Lipinski definition) is 4. The number of hydrogen-bond donors (Lipinski definition) is 1. The Morgan fingerprint density at radius 2 is 1.78 bits per heavy atom. The Kier molecular flexibility index (Phi) is 7.23. The molecule has 0 unspecified atom stereocenters. The highest BCUT2D eigenvalue weighted by Crippen LogP contribution is 2.27. The lowest BCUT2D eigenvalue weighted by molar-refractivity contribution is -0.132. The minimum absolute atomic E-state index is 0.0105. The summed E-state index contributed by atoms with van der Waals surface area (Å²) in [6.07, 6.45) is 0.609. The van der Waals surface area contributed by atoms with Crippen molar-refractivity contribution in [1.29, 1.82) is 0 Å². The lowest BCUT2D eigenvalue weighted by atomic mass is 10.1. The van der Waals surface area contributed by atoms with E-state index in [1.165, 1.54) is 11.8 Å². The largest absolute Gasteiger partial charge is 0.493 e. The van der Waals surface area contributed by atoms with E-state index in [1.54, 1.807) is 14.2 Å². The van der Waals surface area contributed by atoms with Crippen LogP contribution in [-0.4, -0.2) is 44.0 Å². The number of amides is 2. The van der Waals surface area contributed by atoms with Gasteiger partial charge in [0.25, 0.3) is 0 Å². The van der Waals surface area contributed by atoms with Crippen molar-refractivity contribution in [3.8, 4) is 11.5 Å². The number of carbonyl (C=O) groups excluding carboxylic acids is 2. The topological polar surface area (TPSA) is 67.9 Å². The molecular weight excluding hydrogens is 344 g/mol. The Labute approximate surface area is 160 Å². The van der Waals surface area contributed by atoms with Crippen LogP contribution in [-0.2, 0) is 16.0 Å². The summed E-state index contributed by atoms with van der Waals surface area (Å²) in [7, 11) is 3.17. The Bertz CT molecular complexity index is 805. The van der Waals surface area contributed by atoms with E-state index in [0.717, 1.165) is 16.8 Å². The molecule has 6 nitrogen and oxygen atoms in total. The molecule has 2 aromatic rings. The van der Waals surface area contributed by atoms with Crippen molar-refractivity contribution in [2.75, 3.05) is 32.6 Å². The molecule has 0 saturated heterocycles. The number of nitrogens with zero attached hydrogens (tertiary/aromatic N) is 1. The van der Waals surface area contributed by atoms with E-state index in [4.69, 9.17) is 9.47 Å². The second-order valence-corrected chi connectivity index (χ2v) is 6.30. The summed E-state index contributed by atoms with van der Waals surface area (Å²) in [5.41, 5.74) is 2.78. The Morgan fingerprint density at radius 1 is 1.04 bits per heavy atom. The van der Waals surface area contributed by atoms with Gasteiger partial charge >= 0.3 is 0 Å². The molecule has 0 aliphatic heterocycles. The molecule has 0 radical (unpaired) electrons. The van der Waals surface area contributed by atoms with Gasteiger partial charge in [-0.2, -0.15) is 0 Å². The molecule has 1 N–H and O–H groups in total. The number of aryl methyl sites for hydroxylation is 1. The molecule has 144 valence electrons. The second kappa shape index (κ2) is 9.62. The summed E-state index contributed by atoms with van der Waals surface area (Å²) < 4.78 is 10.5. The van der Waals surface area contributed by atoms with E-state index in [1.807, 2.05) is 49.4 Å². The standard InChI is InChI=1S/C21H26N2O4/c1-15-6-5-7-18(12-15)22-21(25)14-23(16(2)24)11-10-17-8-9-19(26-3)20(13-17)27-4/h5-9,12-13H,10-11,14H2,1-4H3,(H,22,25). The molecule has 27 heavy (non-hydrogen) atoms. The molecule has 2 aromatic carbocycles. The van der Waals surface area contributed by atoms with E-state index in [0.29, 0.717) is 24.5 Å². The van der Waals surface area contributed by atoms with Gasteiger partial charge in [0.15, 0.2) is 11.5 Å². The average Bonchev–Trinajstić information content (AvgIpc) is 2.64. The molecular formula is C21H26N2O4. The summed E-state index contributed by atoms with van der Waals surface area (Å²) in [4.78, 5) is 25.8. The molecule has 0 aliphatic rings. The maximum absolute atomic E-state index is 12.3. The van der Waals surface area contributed by atoms with Crippen molar-refractivity contribution >= 4 is 17.5 Å². The SMILES string of the molecule is COc1ccc(CCN(CC(=O)Nc2cccc(C)c2)C(C)=O)cc1OC. The predicted molar refractivity (Wildman–Crippen MR) is 105 cm³/mol. The first-order chi connectivity index (χ1) is 12.9. The Morgan fingerprint density at radius 3 is 2.41 bits per heavy atom. The lowest BCUT2D eigenvalue weighted by Gasteiger charge is -2.21. The van der Waals surface area contributed by atoms with Gasteiger partial charge < -0.3 is 19.7 Å². The number of methoxy groups -OCH3 is 2. The lowest BCUT2D eigenvalue weighted by Crippen LogP contribution is -2.38. The van der Waals surface area contributed by atoms with Crippen LogP contribution >= 0.6 is 0 Å². The molecule has 0 saturated carbocycles. The zero-order valence-corrected chi connectivity index (χ0v) is 16.2. The Hall–Kier alpha value is -3.02. The van der Waals surface area contributed by atoms with Crippen molar-refractivity contribution in [2.24, 2.45) is 0 Å². The molecule has 2 amide bonds. The third kappa shape index (κ3) is 6.02. The highest BCUT2D eigenvalue weighted by atomic mass is 16.5. The van der Waals surface area contributed by atoms with Gasteiger partial charge in [0.2, 0.25) is 11.8 Å². The van der Waals surface area contributed by atoms with Crippen LogP contribution in [0.15, 0.2) is 42.5 Å². The number of nitrogens with one attached hydrogen (secondary N) is 1. The molecule has 0 atom stereocenters. The smallest absolute Gasteiger partial charge is 0.243 e. The van der Waals surface area contributed by atoms with Crippen LogP contribution in [0.5, 0.6) is 11.5 Å². The summed E-state index contributed by atoms with van der Waals surface area (Å²) in [6.45, 7) is 3.87. The fourth-order valence-corrected chi connectivity index (χ4v) is 2.74. The average molecular weight is 370 g/mol. The Balaban J connectivity index is 1.97. The minimum Gasteiger partial charge on any atom is -0.493 e. The molecule has 0 aliphatic carbocycles. The van der Waals surface area contributed by atoms with Gasteiger partial charge in [0.05, 0.1) is 20.8 Å². The first-order valence-corrected chi connectivity index (χ1v) is 8.76. The zero-order valence-electron chi connectivity index (χ0n) is 16.2. The molecule has 0 fully saturated rings. The van der Waals surface area contributed by atoms with Crippen LogP contribution in [0, 0.1) is 6.92 Å². The first kappa shape index (κ1) is 20.3. The number of anilines is 1. The number of carbonyl (C=O) groups is 2. The van der Waals surface area contributed by atoms with Crippen molar-refractivity contribution in [2.45, 2.75) is 20.3 Å². The molecule has 6 heteroatoms. The van der Waals surface area contributed by atoms with Gasteiger partial charge in [0.1, 0.15) is 0 Å². The summed E-state index contributed by atoms with van der Waals surface area (Å²) in [5, 5.41) is 2.83.